The molecule has 2 heterocycles. The number of ether oxygens (including phenoxy) is 1. The maximum Gasteiger partial charge on any atom is 0.237 e. The fraction of sp³-hybridized carbons (Fsp3) is 0.281. The van der Waals surface area contributed by atoms with E-state index in [2.05, 4.69) is 38.4 Å². The fourth-order valence-corrected chi connectivity index (χ4v) is 5.29. The van der Waals surface area contributed by atoms with E-state index in [4.69, 9.17) is 16.3 Å². The molecule has 1 aliphatic rings. The Morgan fingerprint density at radius 2 is 1.90 bits per heavy atom. The van der Waals surface area contributed by atoms with E-state index in [9.17, 15) is 10.1 Å². The number of aromatic nitrogens is 2. The van der Waals surface area contributed by atoms with Crippen LogP contribution in [0, 0.1) is 11.3 Å². The second-order valence-electron chi connectivity index (χ2n) is 10.0. The van der Waals surface area contributed by atoms with Crippen LogP contribution < -0.4 is 10.1 Å². The Labute approximate surface area is 239 Å². The molecule has 1 atom stereocenters. The first-order chi connectivity index (χ1) is 19.6. The van der Waals surface area contributed by atoms with Gasteiger partial charge in [0.05, 0.1) is 24.3 Å². The molecule has 1 saturated heterocycles. The molecule has 0 saturated carbocycles. The molecular weight excluding hydrogens is 522 g/mol. The normalized spacial score (nSPS) is 14.7. The highest BCUT2D eigenvalue weighted by molar-refractivity contribution is 6.30. The molecule has 1 aromatic heterocycles. The number of hydrogen-bond acceptors (Lipinski definition) is 5. The smallest absolute Gasteiger partial charge is 0.237 e. The predicted molar refractivity (Wildman–Crippen MR) is 155 cm³/mol. The molecule has 8 heteroatoms. The van der Waals surface area contributed by atoms with Crippen molar-refractivity contribution in [2.24, 2.45) is 0 Å². The zero-order valence-electron chi connectivity index (χ0n) is 22.3. The van der Waals surface area contributed by atoms with E-state index in [0.29, 0.717) is 43.2 Å². The molecule has 1 fully saturated rings. The van der Waals surface area contributed by atoms with Crippen LogP contribution in [0.2, 0.25) is 5.02 Å². The maximum absolute atomic E-state index is 12.5. The Bertz CT molecular complexity index is 1480. The van der Waals surface area contributed by atoms with Gasteiger partial charge in [0.2, 0.25) is 5.91 Å². The van der Waals surface area contributed by atoms with Crippen LogP contribution in [0.5, 0.6) is 5.75 Å². The lowest BCUT2D eigenvalue weighted by Crippen LogP contribution is -2.39. The van der Waals surface area contributed by atoms with Crippen molar-refractivity contribution in [3.8, 4) is 11.8 Å². The van der Waals surface area contributed by atoms with Crippen molar-refractivity contribution in [3.63, 3.8) is 0 Å². The molecule has 7 nitrogen and oxygen atoms in total. The average Bonchev–Trinajstić information content (AvgIpc) is 3.60. The van der Waals surface area contributed by atoms with Gasteiger partial charge < -0.3 is 15.0 Å². The van der Waals surface area contributed by atoms with Crippen LogP contribution in [0.3, 0.4) is 0 Å². The summed E-state index contributed by atoms with van der Waals surface area (Å²) in [6.07, 6.45) is 4.90. The molecule has 40 heavy (non-hydrogen) atoms. The standard InChI is InChI=1S/C32H32ClN5O2/c33-27-10-4-8-24(16-27)21-38(30-13-14-35-32(30)39)22-28-20-36-31(37-28)18-26-17-29(12-11-25(26)19-34)40-15-5-9-23-6-2-1-3-7-23/h1-4,6-8,10-12,16-17,20,30H,5,9,13-15,18,21-22H2,(H,35,39)(H,36,37). The topological polar surface area (TPSA) is 94.0 Å². The second kappa shape index (κ2) is 13.3. The summed E-state index contributed by atoms with van der Waals surface area (Å²) in [5.74, 6) is 1.54. The SMILES string of the molecule is N#Cc1ccc(OCCCc2ccccc2)cc1Cc1ncc(CN(Cc2cccc(Cl)c2)C2CCNC2=O)[nH]1. The summed E-state index contributed by atoms with van der Waals surface area (Å²) in [6, 6.07) is 25.7. The van der Waals surface area contributed by atoms with Crippen molar-refractivity contribution in [2.45, 2.75) is 44.8 Å². The molecule has 0 radical (unpaired) electrons. The molecule has 1 aliphatic heterocycles. The maximum atomic E-state index is 12.5. The number of benzene rings is 3. The third-order valence-corrected chi connectivity index (χ3v) is 7.30. The molecule has 2 N–H and O–H groups in total. The molecule has 1 unspecified atom stereocenters. The Morgan fingerprint density at radius 1 is 1.05 bits per heavy atom. The zero-order chi connectivity index (χ0) is 27.7. The molecule has 0 spiro atoms. The fourth-order valence-electron chi connectivity index (χ4n) is 5.08. The van der Waals surface area contributed by atoms with Crippen LogP contribution in [0.15, 0.2) is 79.0 Å². The highest BCUT2D eigenvalue weighted by Gasteiger charge is 2.30. The van der Waals surface area contributed by atoms with Crippen LogP contribution >= 0.6 is 11.6 Å². The first-order valence-corrected chi connectivity index (χ1v) is 13.9. The number of carbonyl (C=O) groups excluding carboxylic acids is 1. The summed E-state index contributed by atoms with van der Waals surface area (Å²) >= 11 is 6.21. The van der Waals surface area contributed by atoms with Gasteiger partial charge in [-0.2, -0.15) is 5.26 Å². The van der Waals surface area contributed by atoms with Gasteiger partial charge in [0.15, 0.2) is 0 Å². The van der Waals surface area contributed by atoms with Gasteiger partial charge in [0.25, 0.3) is 0 Å². The van der Waals surface area contributed by atoms with E-state index in [1.165, 1.54) is 5.56 Å². The van der Waals surface area contributed by atoms with Crippen LogP contribution in [0.4, 0.5) is 0 Å². The summed E-state index contributed by atoms with van der Waals surface area (Å²) < 4.78 is 6.00. The number of imidazole rings is 1. The molecule has 1 amide bonds. The molecule has 3 aromatic carbocycles. The molecule has 5 rings (SSSR count). The number of nitrogens with zero attached hydrogens (tertiary/aromatic N) is 3. The number of halogens is 1. The monoisotopic (exact) mass is 553 g/mol. The van der Waals surface area contributed by atoms with Gasteiger partial charge in [0.1, 0.15) is 11.6 Å². The largest absolute Gasteiger partial charge is 0.494 e. The minimum absolute atomic E-state index is 0.0426. The lowest BCUT2D eigenvalue weighted by Gasteiger charge is -2.26. The number of aromatic amines is 1. The first-order valence-electron chi connectivity index (χ1n) is 13.6. The minimum atomic E-state index is -0.216. The predicted octanol–water partition coefficient (Wildman–Crippen LogP) is 5.43. The average molecular weight is 554 g/mol. The Balaban J connectivity index is 1.24. The lowest BCUT2D eigenvalue weighted by molar-refractivity contribution is -0.124. The van der Waals surface area contributed by atoms with E-state index >= 15 is 0 Å². The van der Waals surface area contributed by atoms with Crippen molar-refractivity contribution in [3.05, 3.63) is 118 Å². The summed E-state index contributed by atoms with van der Waals surface area (Å²) in [7, 11) is 0. The Kier molecular flexibility index (Phi) is 9.12. The van der Waals surface area contributed by atoms with E-state index in [-0.39, 0.29) is 11.9 Å². The quantitative estimate of drug-likeness (QED) is 0.228. The number of rotatable bonds is 12. The minimum Gasteiger partial charge on any atom is -0.494 e. The molecular formula is C32H32ClN5O2. The van der Waals surface area contributed by atoms with E-state index in [0.717, 1.165) is 47.7 Å². The van der Waals surface area contributed by atoms with Crippen molar-refractivity contribution >= 4 is 17.5 Å². The second-order valence-corrected chi connectivity index (χ2v) is 10.5. The number of carbonyl (C=O) groups is 1. The van der Waals surface area contributed by atoms with Crippen molar-refractivity contribution in [1.82, 2.24) is 20.2 Å². The zero-order valence-corrected chi connectivity index (χ0v) is 23.0. The van der Waals surface area contributed by atoms with Crippen molar-refractivity contribution < 1.29 is 9.53 Å². The molecule has 0 bridgehead atoms. The highest BCUT2D eigenvalue weighted by atomic mass is 35.5. The van der Waals surface area contributed by atoms with E-state index in [1.807, 2.05) is 60.8 Å². The number of amides is 1. The van der Waals surface area contributed by atoms with Gasteiger partial charge in [-0.25, -0.2) is 4.98 Å². The van der Waals surface area contributed by atoms with Gasteiger partial charge in [-0.15, -0.1) is 0 Å². The molecule has 0 aliphatic carbocycles. The van der Waals surface area contributed by atoms with Crippen LogP contribution in [0.25, 0.3) is 0 Å². The first kappa shape index (κ1) is 27.4. The number of hydrogen-bond donors (Lipinski definition) is 2. The van der Waals surface area contributed by atoms with Crippen LogP contribution in [0.1, 0.15) is 46.6 Å². The number of nitrogens with one attached hydrogen (secondary N) is 2. The summed E-state index contributed by atoms with van der Waals surface area (Å²) in [4.78, 5) is 22.7. The lowest BCUT2D eigenvalue weighted by atomic mass is 10.0. The van der Waals surface area contributed by atoms with Gasteiger partial charge in [-0.3, -0.25) is 9.69 Å². The Hall–Kier alpha value is -4.12. The van der Waals surface area contributed by atoms with Crippen LogP contribution in [-0.2, 0) is 30.7 Å². The van der Waals surface area contributed by atoms with Crippen molar-refractivity contribution in [1.29, 1.82) is 5.26 Å². The summed E-state index contributed by atoms with van der Waals surface area (Å²) in [5, 5.41) is 13.3. The number of aryl methyl sites for hydroxylation is 1. The third kappa shape index (κ3) is 7.29. The summed E-state index contributed by atoms with van der Waals surface area (Å²) in [5.41, 5.74) is 4.70. The van der Waals surface area contributed by atoms with E-state index in [1.54, 1.807) is 6.07 Å². The highest BCUT2D eigenvalue weighted by Crippen LogP contribution is 2.22. The van der Waals surface area contributed by atoms with Crippen LogP contribution in [-0.4, -0.2) is 40.0 Å². The van der Waals surface area contributed by atoms with Crippen molar-refractivity contribution in [2.75, 3.05) is 13.2 Å². The van der Waals surface area contributed by atoms with Gasteiger partial charge in [-0.05, 0) is 66.3 Å². The molecule has 204 valence electrons. The summed E-state index contributed by atoms with van der Waals surface area (Å²) in [6.45, 7) is 2.40. The van der Waals surface area contributed by atoms with Gasteiger partial charge >= 0.3 is 0 Å². The third-order valence-electron chi connectivity index (χ3n) is 7.07. The molecule has 4 aromatic rings. The van der Waals surface area contributed by atoms with Gasteiger partial charge in [-0.1, -0.05) is 54.1 Å². The number of H-pyrrole nitrogens is 1. The number of nitriles is 1. The van der Waals surface area contributed by atoms with Gasteiger partial charge in [0, 0.05) is 43.0 Å². The van der Waals surface area contributed by atoms with E-state index < -0.39 is 0 Å². The Morgan fingerprint density at radius 3 is 2.67 bits per heavy atom.